The maximum Gasteiger partial charge on any atom is 0.238 e. The third-order valence-electron chi connectivity index (χ3n) is 3.52. The molecule has 0 bridgehead atoms. The van der Waals surface area contributed by atoms with Crippen LogP contribution in [0.15, 0.2) is 24.3 Å². The third kappa shape index (κ3) is 4.03. The minimum atomic E-state index is -0.196. The first-order valence-corrected chi connectivity index (χ1v) is 6.91. The molecule has 1 aliphatic heterocycles. The lowest BCUT2D eigenvalue weighted by Crippen LogP contribution is -2.51. The van der Waals surface area contributed by atoms with Crippen LogP contribution in [0.5, 0.6) is 0 Å². The molecule has 0 radical (unpaired) electrons. The molecule has 1 aliphatic rings. The molecule has 1 saturated heterocycles. The number of carbonyl (C=O) groups is 1. The van der Waals surface area contributed by atoms with Crippen molar-refractivity contribution in [3.8, 4) is 0 Å². The van der Waals surface area contributed by atoms with Crippen molar-refractivity contribution >= 4 is 11.6 Å². The van der Waals surface area contributed by atoms with Crippen molar-refractivity contribution in [1.29, 1.82) is 0 Å². The second-order valence-electron chi connectivity index (χ2n) is 5.33. The number of amides is 1. The Labute approximate surface area is 119 Å². The number of nitrogens with one attached hydrogen (secondary N) is 1. The highest BCUT2D eigenvalue weighted by atomic mass is 16.5. The Bertz CT molecular complexity index is 447. The Balaban J connectivity index is 1.88. The number of ether oxygens (including phenoxy) is 1. The molecule has 0 saturated carbocycles. The van der Waals surface area contributed by atoms with E-state index in [1.54, 1.807) is 0 Å². The molecular formula is C15H22N2O3. The summed E-state index contributed by atoms with van der Waals surface area (Å²) in [5.74, 6) is -0.0423. The van der Waals surface area contributed by atoms with E-state index >= 15 is 0 Å². The predicted molar refractivity (Wildman–Crippen MR) is 77.7 cm³/mol. The van der Waals surface area contributed by atoms with E-state index in [0.29, 0.717) is 19.7 Å². The largest absolute Gasteiger partial charge is 0.394 e. The summed E-state index contributed by atoms with van der Waals surface area (Å²) in [7, 11) is 0. The van der Waals surface area contributed by atoms with Gasteiger partial charge in [-0.15, -0.1) is 0 Å². The van der Waals surface area contributed by atoms with Gasteiger partial charge in [0.2, 0.25) is 5.91 Å². The van der Waals surface area contributed by atoms with E-state index in [1.807, 2.05) is 43.0 Å². The zero-order valence-electron chi connectivity index (χ0n) is 12.0. The lowest BCUT2D eigenvalue weighted by atomic mass is 10.2. The molecule has 5 heteroatoms. The molecule has 1 aromatic rings. The maximum atomic E-state index is 12.1. The monoisotopic (exact) mass is 278 g/mol. The van der Waals surface area contributed by atoms with E-state index < -0.39 is 0 Å². The Morgan fingerprint density at radius 3 is 2.80 bits per heavy atom. The standard InChI is InChI=1S/C15H22N2O3/c1-11-3-5-13(6-4-11)16-15(19)8-17-7-14(9-18)20-10-12(17)2/h3-6,12,14,18H,7-10H2,1-2H3,(H,16,19). The summed E-state index contributed by atoms with van der Waals surface area (Å²) in [6, 6.07) is 7.91. The summed E-state index contributed by atoms with van der Waals surface area (Å²) in [6.45, 7) is 5.46. The Morgan fingerprint density at radius 2 is 2.15 bits per heavy atom. The van der Waals surface area contributed by atoms with Crippen LogP contribution in [0, 0.1) is 6.92 Å². The number of hydrogen-bond donors (Lipinski definition) is 2. The number of rotatable bonds is 4. The van der Waals surface area contributed by atoms with Crippen molar-refractivity contribution in [1.82, 2.24) is 4.90 Å². The van der Waals surface area contributed by atoms with Crippen LogP contribution in [-0.2, 0) is 9.53 Å². The third-order valence-corrected chi connectivity index (χ3v) is 3.52. The Hall–Kier alpha value is -1.43. The first-order valence-electron chi connectivity index (χ1n) is 6.91. The highest BCUT2D eigenvalue weighted by Crippen LogP contribution is 2.12. The van der Waals surface area contributed by atoms with Gasteiger partial charge in [-0.2, -0.15) is 0 Å². The van der Waals surface area contributed by atoms with Gasteiger partial charge in [-0.1, -0.05) is 17.7 Å². The van der Waals surface area contributed by atoms with Crippen LogP contribution in [0.2, 0.25) is 0 Å². The van der Waals surface area contributed by atoms with Crippen LogP contribution in [0.25, 0.3) is 0 Å². The van der Waals surface area contributed by atoms with Gasteiger partial charge >= 0.3 is 0 Å². The van der Waals surface area contributed by atoms with Crippen LogP contribution < -0.4 is 5.32 Å². The molecule has 5 nitrogen and oxygen atoms in total. The molecule has 1 heterocycles. The van der Waals surface area contributed by atoms with E-state index in [-0.39, 0.29) is 24.7 Å². The summed E-state index contributed by atoms with van der Waals surface area (Å²) < 4.78 is 5.46. The molecule has 0 spiro atoms. The summed E-state index contributed by atoms with van der Waals surface area (Å²) in [5, 5.41) is 12.0. The highest BCUT2D eigenvalue weighted by molar-refractivity contribution is 5.92. The molecule has 1 aromatic carbocycles. The number of aliphatic hydroxyl groups excluding tert-OH is 1. The number of nitrogens with zero attached hydrogens (tertiary/aromatic N) is 1. The molecule has 20 heavy (non-hydrogen) atoms. The molecule has 2 rings (SSSR count). The molecule has 2 atom stereocenters. The Kier molecular flexibility index (Phi) is 5.11. The summed E-state index contributed by atoms with van der Waals surface area (Å²) in [6.07, 6.45) is -0.196. The highest BCUT2D eigenvalue weighted by Gasteiger charge is 2.26. The van der Waals surface area contributed by atoms with Gasteiger partial charge in [0.15, 0.2) is 0 Å². The fourth-order valence-corrected chi connectivity index (χ4v) is 2.23. The lowest BCUT2D eigenvalue weighted by molar-refractivity contribution is -0.122. The predicted octanol–water partition coefficient (Wildman–Crippen LogP) is 1.02. The number of morpholine rings is 1. The van der Waals surface area contributed by atoms with Crippen molar-refractivity contribution < 1.29 is 14.6 Å². The van der Waals surface area contributed by atoms with Crippen molar-refractivity contribution in [2.24, 2.45) is 0 Å². The van der Waals surface area contributed by atoms with Crippen molar-refractivity contribution in [3.63, 3.8) is 0 Å². The van der Waals surface area contributed by atoms with Crippen molar-refractivity contribution in [2.75, 3.05) is 31.6 Å². The fraction of sp³-hybridized carbons (Fsp3) is 0.533. The number of anilines is 1. The van der Waals surface area contributed by atoms with Gasteiger partial charge in [0, 0.05) is 18.3 Å². The van der Waals surface area contributed by atoms with Gasteiger partial charge in [0.1, 0.15) is 0 Å². The Morgan fingerprint density at radius 1 is 1.45 bits per heavy atom. The number of carbonyl (C=O) groups excluding carboxylic acids is 1. The van der Waals surface area contributed by atoms with E-state index in [4.69, 9.17) is 9.84 Å². The van der Waals surface area contributed by atoms with E-state index in [9.17, 15) is 4.79 Å². The summed E-state index contributed by atoms with van der Waals surface area (Å²) in [5.41, 5.74) is 1.97. The molecule has 0 aromatic heterocycles. The van der Waals surface area contributed by atoms with Gasteiger partial charge in [-0.25, -0.2) is 0 Å². The van der Waals surface area contributed by atoms with Gasteiger partial charge in [0.25, 0.3) is 0 Å². The molecule has 1 amide bonds. The van der Waals surface area contributed by atoms with Crippen LogP contribution in [0.4, 0.5) is 5.69 Å². The first-order chi connectivity index (χ1) is 9.58. The van der Waals surface area contributed by atoms with Crippen LogP contribution in [0.3, 0.4) is 0 Å². The average Bonchev–Trinajstić information content (AvgIpc) is 2.44. The molecule has 2 unspecified atom stereocenters. The second kappa shape index (κ2) is 6.83. The van der Waals surface area contributed by atoms with Gasteiger partial charge in [-0.05, 0) is 26.0 Å². The normalized spacial score (nSPS) is 23.6. The first kappa shape index (κ1) is 15.0. The van der Waals surface area contributed by atoms with E-state index in [1.165, 1.54) is 0 Å². The topological polar surface area (TPSA) is 61.8 Å². The molecular weight excluding hydrogens is 256 g/mol. The zero-order chi connectivity index (χ0) is 14.5. The SMILES string of the molecule is Cc1ccc(NC(=O)CN2CC(CO)OCC2C)cc1. The number of aryl methyl sites for hydroxylation is 1. The van der Waals surface area contributed by atoms with Gasteiger partial charge in [-0.3, -0.25) is 9.69 Å². The number of hydrogen-bond acceptors (Lipinski definition) is 4. The van der Waals surface area contributed by atoms with Crippen LogP contribution in [0.1, 0.15) is 12.5 Å². The van der Waals surface area contributed by atoms with Crippen molar-refractivity contribution in [2.45, 2.75) is 26.0 Å². The van der Waals surface area contributed by atoms with E-state index in [0.717, 1.165) is 11.3 Å². The molecule has 1 fully saturated rings. The minimum Gasteiger partial charge on any atom is -0.394 e. The number of benzene rings is 1. The maximum absolute atomic E-state index is 12.1. The second-order valence-corrected chi connectivity index (χ2v) is 5.33. The number of aliphatic hydroxyl groups is 1. The van der Waals surface area contributed by atoms with Gasteiger partial charge < -0.3 is 15.2 Å². The van der Waals surface area contributed by atoms with E-state index in [2.05, 4.69) is 5.32 Å². The van der Waals surface area contributed by atoms with Gasteiger partial charge in [0.05, 0.1) is 25.9 Å². The molecule has 2 N–H and O–H groups in total. The zero-order valence-corrected chi connectivity index (χ0v) is 12.0. The minimum absolute atomic E-state index is 0.0111. The average molecular weight is 278 g/mol. The smallest absolute Gasteiger partial charge is 0.238 e. The van der Waals surface area contributed by atoms with Crippen LogP contribution >= 0.6 is 0 Å². The molecule has 0 aliphatic carbocycles. The van der Waals surface area contributed by atoms with Crippen molar-refractivity contribution in [3.05, 3.63) is 29.8 Å². The summed E-state index contributed by atoms with van der Waals surface area (Å²) >= 11 is 0. The summed E-state index contributed by atoms with van der Waals surface area (Å²) in [4.78, 5) is 14.1. The fourth-order valence-electron chi connectivity index (χ4n) is 2.23. The quantitative estimate of drug-likeness (QED) is 0.863. The lowest BCUT2D eigenvalue weighted by Gasteiger charge is -2.36. The van der Waals surface area contributed by atoms with Crippen LogP contribution in [-0.4, -0.2) is 54.4 Å². The molecule has 110 valence electrons.